The van der Waals surface area contributed by atoms with Gasteiger partial charge in [0.1, 0.15) is 0 Å². The van der Waals surface area contributed by atoms with Crippen LogP contribution in [0.15, 0.2) is 66.7 Å². The Bertz CT molecular complexity index is 1000. The molecule has 1 heterocycles. The molecule has 2 amide bonds. The number of carbonyl (C=O) groups is 2. The highest BCUT2D eigenvalue weighted by Gasteiger charge is 2.38. The Morgan fingerprint density at radius 1 is 0.680 bits per heavy atom. The van der Waals surface area contributed by atoms with Gasteiger partial charge >= 0.3 is 0 Å². The predicted molar refractivity (Wildman–Crippen MR) is 98.7 cm³/mol. The van der Waals surface area contributed by atoms with Crippen LogP contribution in [0, 0.1) is 0 Å². The summed E-state index contributed by atoms with van der Waals surface area (Å²) in [5.41, 5.74) is 3.63. The summed E-state index contributed by atoms with van der Waals surface area (Å²) in [4.78, 5) is 24.7. The summed E-state index contributed by atoms with van der Waals surface area (Å²) in [6, 6.07) is 20.8. The molecule has 0 spiro atoms. The fraction of sp³-hybridized carbons (Fsp3) is 0. The highest BCUT2D eigenvalue weighted by molar-refractivity contribution is 6.45. The molecule has 0 N–H and O–H groups in total. The van der Waals surface area contributed by atoms with Crippen LogP contribution in [0.3, 0.4) is 0 Å². The minimum atomic E-state index is -0.594. The second-order valence-electron chi connectivity index (χ2n) is 5.66. The summed E-state index contributed by atoms with van der Waals surface area (Å²) < 4.78 is 0.583. The van der Waals surface area contributed by atoms with Crippen LogP contribution in [0.1, 0.15) is 20.7 Å². The lowest BCUT2D eigenvalue weighted by Gasteiger charge is -2.15. The number of hydrogen-bond donors (Lipinski definition) is 0. The number of halogens is 2. The van der Waals surface area contributed by atoms with E-state index in [-0.39, 0.29) is 16.1 Å². The first-order valence-corrected chi connectivity index (χ1v) is 8.33. The molecular formula is C20H11Cl2NO2. The lowest BCUT2D eigenvalue weighted by atomic mass is 9.90. The zero-order valence-electron chi connectivity index (χ0n) is 12.9. The molecule has 0 fully saturated rings. The van der Waals surface area contributed by atoms with Crippen LogP contribution in [-0.4, -0.2) is 16.2 Å². The third-order valence-corrected chi connectivity index (χ3v) is 4.90. The summed E-state index contributed by atoms with van der Waals surface area (Å²) in [5, 5.41) is 0.240. The summed E-state index contributed by atoms with van der Waals surface area (Å²) in [6.45, 7) is 0. The first kappa shape index (κ1) is 15.9. The monoisotopic (exact) mass is 367 g/mol. The van der Waals surface area contributed by atoms with Gasteiger partial charge in [0.05, 0.1) is 16.1 Å². The van der Waals surface area contributed by atoms with Crippen LogP contribution < -0.4 is 0 Å². The number of hydrogen-bond acceptors (Lipinski definition) is 2. The van der Waals surface area contributed by atoms with Crippen LogP contribution in [0.2, 0.25) is 5.02 Å². The quantitative estimate of drug-likeness (QED) is 0.447. The van der Waals surface area contributed by atoms with Crippen molar-refractivity contribution in [3.8, 4) is 22.3 Å². The molecule has 0 unspecified atom stereocenters. The Morgan fingerprint density at radius 3 is 1.84 bits per heavy atom. The molecular weight excluding hydrogens is 357 g/mol. The fourth-order valence-corrected chi connectivity index (χ4v) is 3.63. The number of benzene rings is 3. The van der Waals surface area contributed by atoms with Gasteiger partial charge in [0.2, 0.25) is 0 Å². The van der Waals surface area contributed by atoms with E-state index in [9.17, 15) is 9.59 Å². The maximum absolute atomic E-state index is 12.3. The van der Waals surface area contributed by atoms with Crippen molar-refractivity contribution >= 4 is 35.2 Å². The molecule has 3 aromatic carbocycles. The van der Waals surface area contributed by atoms with Gasteiger partial charge in [-0.25, -0.2) is 0 Å². The molecule has 122 valence electrons. The first-order valence-electron chi connectivity index (χ1n) is 7.61. The lowest BCUT2D eigenvalue weighted by molar-refractivity contribution is 0.0767. The molecule has 0 aromatic heterocycles. The van der Waals surface area contributed by atoms with Gasteiger partial charge < -0.3 is 0 Å². The Labute approximate surface area is 154 Å². The van der Waals surface area contributed by atoms with Crippen LogP contribution >= 0.6 is 23.4 Å². The number of imide groups is 1. The molecule has 0 bridgehead atoms. The molecule has 1 aliphatic rings. The molecule has 0 radical (unpaired) electrons. The van der Waals surface area contributed by atoms with Gasteiger partial charge in [-0.15, -0.1) is 0 Å². The van der Waals surface area contributed by atoms with Gasteiger partial charge in [0.25, 0.3) is 11.8 Å². The average Bonchev–Trinajstić information content (AvgIpc) is 2.87. The zero-order valence-corrected chi connectivity index (χ0v) is 14.4. The number of amides is 2. The van der Waals surface area contributed by atoms with Crippen LogP contribution in [-0.2, 0) is 0 Å². The van der Waals surface area contributed by atoms with E-state index in [1.165, 1.54) is 0 Å². The molecule has 5 heteroatoms. The van der Waals surface area contributed by atoms with E-state index in [2.05, 4.69) is 0 Å². The van der Waals surface area contributed by atoms with Crippen molar-refractivity contribution in [2.24, 2.45) is 0 Å². The van der Waals surface area contributed by atoms with Gasteiger partial charge in [0.15, 0.2) is 0 Å². The molecule has 4 rings (SSSR count). The Kier molecular flexibility index (Phi) is 3.83. The highest BCUT2D eigenvalue weighted by Crippen LogP contribution is 2.44. The van der Waals surface area contributed by atoms with Gasteiger partial charge in [0, 0.05) is 17.3 Å². The third-order valence-electron chi connectivity index (χ3n) is 4.21. The smallest absolute Gasteiger partial charge is 0.267 e. The van der Waals surface area contributed by atoms with E-state index in [4.69, 9.17) is 23.4 Å². The van der Waals surface area contributed by atoms with Crippen molar-refractivity contribution < 1.29 is 9.59 Å². The molecule has 0 atom stereocenters. The average molecular weight is 368 g/mol. The number of carbonyl (C=O) groups excluding carboxylic acids is 2. The van der Waals surface area contributed by atoms with E-state index in [0.29, 0.717) is 9.98 Å². The molecule has 0 saturated carbocycles. The zero-order chi connectivity index (χ0) is 17.6. The predicted octanol–water partition coefficient (Wildman–Crippen LogP) is 5.42. The number of fused-ring (bicyclic) bond motifs is 1. The van der Waals surface area contributed by atoms with Crippen LogP contribution in [0.5, 0.6) is 0 Å². The third kappa shape index (κ3) is 2.44. The molecule has 25 heavy (non-hydrogen) atoms. The Hall–Kier alpha value is -2.62. The summed E-state index contributed by atoms with van der Waals surface area (Å²) in [6.07, 6.45) is 0. The van der Waals surface area contributed by atoms with Gasteiger partial charge in [-0.3, -0.25) is 9.59 Å². The fourth-order valence-electron chi connectivity index (χ4n) is 3.06. The first-order chi connectivity index (χ1) is 12.1. The number of rotatable bonds is 2. The summed E-state index contributed by atoms with van der Waals surface area (Å²) in [7, 11) is 0. The molecule has 1 aliphatic heterocycles. The topological polar surface area (TPSA) is 37.4 Å². The number of nitrogens with zero attached hydrogens (tertiary/aromatic N) is 1. The van der Waals surface area contributed by atoms with Gasteiger partial charge in [-0.2, -0.15) is 4.42 Å². The van der Waals surface area contributed by atoms with Crippen molar-refractivity contribution in [3.05, 3.63) is 82.9 Å². The largest absolute Gasteiger partial charge is 0.277 e. The summed E-state index contributed by atoms with van der Waals surface area (Å²) in [5.74, 6) is -1.15. The normalized spacial score (nSPS) is 13.3. The minimum absolute atomic E-state index is 0.153. The lowest BCUT2D eigenvalue weighted by Crippen LogP contribution is -2.18. The van der Waals surface area contributed by atoms with E-state index in [1.54, 1.807) is 6.07 Å². The molecule has 3 aromatic rings. The SMILES string of the molecule is O=C1c2cc(-c3ccccc3)c(-c3ccccc3)c(Cl)c2C(=O)N1Cl. The van der Waals surface area contributed by atoms with E-state index >= 15 is 0 Å². The minimum Gasteiger partial charge on any atom is -0.267 e. The maximum atomic E-state index is 12.3. The van der Waals surface area contributed by atoms with Crippen LogP contribution in [0.4, 0.5) is 0 Å². The molecule has 0 saturated heterocycles. The highest BCUT2D eigenvalue weighted by atomic mass is 35.5. The second kappa shape index (κ2) is 6.03. The maximum Gasteiger partial charge on any atom is 0.277 e. The Morgan fingerprint density at radius 2 is 1.24 bits per heavy atom. The van der Waals surface area contributed by atoms with E-state index < -0.39 is 11.8 Å². The van der Waals surface area contributed by atoms with Gasteiger partial charge in [-0.1, -0.05) is 72.3 Å². The molecule has 3 nitrogen and oxygen atoms in total. The van der Waals surface area contributed by atoms with Crippen molar-refractivity contribution in [2.75, 3.05) is 0 Å². The van der Waals surface area contributed by atoms with Crippen LogP contribution in [0.25, 0.3) is 22.3 Å². The van der Waals surface area contributed by atoms with E-state index in [0.717, 1.165) is 16.7 Å². The van der Waals surface area contributed by atoms with Crippen molar-refractivity contribution in [1.82, 2.24) is 4.42 Å². The van der Waals surface area contributed by atoms with Crippen molar-refractivity contribution in [3.63, 3.8) is 0 Å². The van der Waals surface area contributed by atoms with Gasteiger partial charge in [-0.05, 0) is 22.8 Å². The second-order valence-corrected chi connectivity index (χ2v) is 6.37. The van der Waals surface area contributed by atoms with Crippen molar-refractivity contribution in [2.45, 2.75) is 0 Å². The van der Waals surface area contributed by atoms with Crippen molar-refractivity contribution in [1.29, 1.82) is 0 Å². The summed E-state index contributed by atoms with van der Waals surface area (Å²) >= 11 is 12.4. The standard InChI is InChI=1S/C20H11Cl2NO2/c21-18-16(13-9-5-2-6-10-13)14(12-7-3-1-4-8-12)11-15-17(18)20(25)23(22)19(15)24/h1-11H. The van der Waals surface area contributed by atoms with E-state index in [1.807, 2.05) is 60.7 Å². The molecule has 0 aliphatic carbocycles. The Balaban J connectivity index is 2.09.